The number of pyridine rings is 1. The Balaban J connectivity index is 2.84. The molecule has 0 aromatic carbocycles. The Kier molecular flexibility index (Phi) is 4.73. The van der Waals surface area contributed by atoms with E-state index >= 15 is 0 Å². The van der Waals surface area contributed by atoms with Gasteiger partial charge in [-0.1, -0.05) is 15.9 Å². The summed E-state index contributed by atoms with van der Waals surface area (Å²) in [5.41, 5.74) is 1.14. The molecule has 0 atom stereocenters. The molecule has 0 fully saturated rings. The third kappa shape index (κ3) is 2.87. The molecule has 0 N–H and O–H groups in total. The number of rotatable bonds is 5. The Morgan fingerprint density at radius 1 is 1.36 bits per heavy atom. The number of nitrogens with zero attached hydrogens (tertiary/aromatic N) is 1. The van der Waals surface area contributed by atoms with Crippen molar-refractivity contribution in [1.29, 1.82) is 0 Å². The largest absolute Gasteiger partial charge is 0.495 e. The van der Waals surface area contributed by atoms with E-state index in [1.807, 2.05) is 6.07 Å². The summed E-state index contributed by atoms with van der Waals surface area (Å²) in [4.78, 5) is 4.08. The number of alkyl halides is 1. The van der Waals surface area contributed by atoms with E-state index in [-0.39, 0.29) is 0 Å². The Hall–Kier alpha value is -0.770. The van der Waals surface area contributed by atoms with Gasteiger partial charge in [-0.05, 0) is 12.8 Å². The summed E-state index contributed by atoms with van der Waals surface area (Å²) in [6.07, 6.45) is 3.74. The van der Waals surface area contributed by atoms with Gasteiger partial charge in [0.15, 0.2) is 0 Å². The van der Waals surface area contributed by atoms with Gasteiger partial charge in [-0.15, -0.1) is 0 Å². The molecule has 0 radical (unpaired) electrons. The van der Waals surface area contributed by atoms with E-state index in [4.69, 9.17) is 9.47 Å². The number of ether oxygens (including phenoxy) is 2. The molecule has 1 aromatic rings. The van der Waals surface area contributed by atoms with Crippen LogP contribution in [-0.4, -0.2) is 24.5 Å². The first-order valence-electron chi connectivity index (χ1n) is 4.44. The molecule has 0 aliphatic heterocycles. The first-order valence-corrected chi connectivity index (χ1v) is 5.56. The maximum absolute atomic E-state index is 5.21. The van der Waals surface area contributed by atoms with Gasteiger partial charge in [0.05, 0.1) is 20.4 Å². The lowest BCUT2D eigenvalue weighted by Gasteiger charge is -2.08. The quantitative estimate of drug-likeness (QED) is 0.762. The van der Waals surface area contributed by atoms with Gasteiger partial charge in [0, 0.05) is 17.0 Å². The molecule has 14 heavy (non-hydrogen) atoms. The molecule has 0 saturated heterocycles. The fourth-order valence-corrected chi connectivity index (χ4v) is 1.49. The fourth-order valence-electron chi connectivity index (χ4n) is 1.21. The zero-order valence-corrected chi connectivity index (χ0v) is 10.0. The molecule has 0 aliphatic rings. The Morgan fingerprint density at radius 2 is 2.14 bits per heavy atom. The SMILES string of the molecule is COc1cc(CCCBr)c(OC)cn1. The van der Waals surface area contributed by atoms with Crippen LogP contribution in [0.5, 0.6) is 11.6 Å². The summed E-state index contributed by atoms with van der Waals surface area (Å²) in [7, 11) is 3.27. The van der Waals surface area contributed by atoms with Crippen LogP contribution in [-0.2, 0) is 6.42 Å². The van der Waals surface area contributed by atoms with Gasteiger partial charge < -0.3 is 9.47 Å². The van der Waals surface area contributed by atoms with Crippen molar-refractivity contribution in [2.45, 2.75) is 12.8 Å². The average molecular weight is 260 g/mol. The van der Waals surface area contributed by atoms with E-state index < -0.39 is 0 Å². The Morgan fingerprint density at radius 3 is 2.71 bits per heavy atom. The highest BCUT2D eigenvalue weighted by atomic mass is 79.9. The molecule has 0 unspecified atom stereocenters. The maximum atomic E-state index is 5.21. The minimum absolute atomic E-state index is 0.635. The van der Waals surface area contributed by atoms with Crippen LogP contribution in [0.4, 0.5) is 0 Å². The number of hydrogen-bond acceptors (Lipinski definition) is 3. The number of aromatic nitrogens is 1. The molecule has 0 aliphatic carbocycles. The van der Waals surface area contributed by atoms with Crippen molar-refractivity contribution in [3.63, 3.8) is 0 Å². The maximum Gasteiger partial charge on any atom is 0.213 e. The number of aryl methyl sites for hydroxylation is 1. The van der Waals surface area contributed by atoms with Gasteiger partial charge in [0.1, 0.15) is 5.75 Å². The van der Waals surface area contributed by atoms with E-state index in [0.717, 1.165) is 29.5 Å². The predicted molar refractivity (Wildman–Crippen MR) is 59.5 cm³/mol. The first kappa shape index (κ1) is 11.3. The van der Waals surface area contributed by atoms with Crippen LogP contribution in [0.15, 0.2) is 12.3 Å². The van der Waals surface area contributed by atoms with Crippen molar-refractivity contribution in [2.75, 3.05) is 19.5 Å². The van der Waals surface area contributed by atoms with Gasteiger partial charge in [-0.25, -0.2) is 4.98 Å². The van der Waals surface area contributed by atoms with Crippen LogP contribution in [0, 0.1) is 0 Å². The summed E-state index contributed by atoms with van der Waals surface area (Å²) in [6.45, 7) is 0. The first-order chi connectivity index (χ1) is 6.81. The molecule has 0 saturated carbocycles. The van der Waals surface area contributed by atoms with Crippen LogP contribution >= 0.6 is 15.9 Å². The van der Waals surface area contributed by atoms with E-state index in [1.54, 1.807) is 20.4 Å². The van der Waals surface area contributed by atoms with Crippen molar-refractivity contribution in [1.82, 2.24) is 4.98 Å². The number of halogens is 1. The second-order valence-corrected chi connectivity index (χ2v) is 3.62. The molecular formula is C10H14BrNO2. The van der Waals surface area contributed by atoms with Gasteiger partial charge >= 0.3 is 0 Å². The smallest absolute Gasteiger partial charge is 0.213 e. The number of methoxy groups -OCH3 is 2. The summed E-state index contributed by atoms with van der Waals surface area (Å²) in [5.74, 6) is 1.46. The minimum atomic E-state index is 0.635. The summed E-state index contributed by atoms with van der Waals surface area (Å²) < 4.78 is 10.3. The van der Waals surface area contributed by atoms with E-state index in [9.17, 15) is 0 Å². The van der Waals surface area contributed by atoms with Crippen molar-refractivity contribution in [3.8, 4) is 11.6 Å². The normalized spacial score (nSPS) is 9.93. The topological polar surface area (TPSA) is 31.4 Å². The second-order valence-electron chi connectivity index (χ2n) is 2.83. The van der Waals surface area contributed by atoms with Crippen LogP contribution in [0.2, 0.25) is 0 Å². The molecule has 0 spiro atoms. The van der Waals surface area contributed by atoms with Crippen molar-refractivity contribution in [3.05, 3.63) is 17.8 Å². The molecule has 1 aromatic heterocycles. The second kappa shape index (κ2) is 5.86. The zero-order valence-electron chi connectivity index (χ0n) is 8.42. The van der Waals surface area contributed by atoms with Crippen LogP contribution < -0.4 is 9.47 Å². The van der Waals surface area contributed by atoms with Crippen molar-refractivity contribution in [2.24, 2.45) is 0 Å². The lowest BCUT2D eigenvalue weighted by Crippen LogP contribution is -1.96. The van der Waals surface area contributed by atoms with E-state index in [2.05, 4.69) is 20.9 Å². The highest BCUT2D eigenvalue weighted by Crippen LogP contribution is 2.22. The molecule has 4 heteroatoms. The Labute approximate surface area is 92.6 Å². The predicted octanol–water partition coefficient (Wildman–Crippen LogP) is 2.43. The molecule has 0 bridgehead atoms. The van der Waals surface area contributed by atoms with Gasteiger partial charge in [0.2, 0.25) is 5.88 Å². The van der Waals surface area contributed by atoms with Gasteiger partial charge in [0.25, 0.3) is 0 Å². The van der Waals surface area contributed by atoms with Crippen molar-refractivity contribution >= 4 is 15.9 Å². The molecule has 1 rings (SSSR count). The highest BCUT2D eigenvalue weighted by molar-refractivity contribution is 9.09. The molecular weight excluding hydrogens is 246 g/mol. The van der Waals surface area contributed by atoms with E-state index in [1.165, 1.54) is 0 Å². The third-order valence-corrected chi connectivity index (χ3v) is 2.49. The summed E-state index contributed by atoms with van der Waals surface area (Å²) in [6, 6.07) is 1.92. The lowest BCUT2D eigenvalue weighted by atomic mass is 10.1. The van der Waals surface area contributed by atoms with E-state index in [0.29, 0.717) is 5.88 Å². The molecule has 1 heterocycles. The van der Waals surface area contributed by atoms with Crippen LogP contribution in [0.3, 0.4) is 0 Å². The minimum Gasteiger partial charge on any atom is -0.495 e. The van der Waals surface area contributed by atoms with Gasteiger partial charge in [-0.3, -0.25) is 0 Å². The third-order valence-electron chi connectivity index (χ3n) is 1.93. The zero-order chi connectivity index (χ0) is 10.4. The Bertz CT molecular complexity index is 291. The van der Waals surface area contributed by atoms with Crippen LogP contribution in [0.25, 0.3) is 0 Å². The fraction of sp³-hybridized carbons (Fsp3) is 0.500. The lowest BCUT2D eigenvalue weighted by molar-refractivity contribution is 0.384. The molecule has 78 valence electrons. The average Bonchev–Trinajstić information content (AvgIpc) is 2.25. The summed E-state index contributed by atoms with van der Waals surface area (Å²) >= 11 is 3.40. The highest BCUT2D eigenvalue weighted by Gasteiger charge is 2.05. The summed E-state index contributed by atoms with van der Waals surface area (Å²) in [5, 5.41) is 0.987. The monoisotopic (exact) mass is 259 g/mol. The standard InChI is InChI=1S/C10H14BrNO2/c1-13-9-7-12-10(14-2)6-8(9)4-3-5-11/h6-7H,3-5H2,1-2H3. The molecule has 3 nitrogen and oxygen atoms in total. The number of hydrogen-bond donors (Lipinski definition) is 0. The van der Waals surface area contributed by atoms with Crippen molar-refractivity contribution < 1.29 is 9.47 Å². The van der Waals surface area contributed by atoms with Gasteiger partial charge in [-0.2, -0.15) is 0 Å². The van der Waals surface area contributed by atoms with Crippen LogP contribution in [0.1, 0.15) is 12.0 Å². The molecule has 0 amide bonds.